The van der Waals surface area contributed by atoms with E-state index in [9.17, 15) is 0 Å². The van der Waals surface area contributed by atoms with Crippen LogP contribution in [0.2, 0.25) is 5.02 Å². The van der Waals surface area contributed by atoms with Gasteiger partial charge in [-0.05, 0) is 17.0 Å². The van der Waals surface area contributed by atoms with E-state index in [2.05, 4.69) is 25.8 Å². The molecule has 0 spiro atoms. The Bertz CT molecular complexity index is 289. The molecule has 0 aliphatic heterocycles. The van der Waals surface area contributed by atoms with Crippen molar-refractivity contribution < 1.29 is 0 Å². The largest absolute Gasteiger partial charge is 0.384 e. The molecule has 1 heterocycles. The summed E-state index contributed by atoms with van der Waals surface area (Å²) in [6.07, 6.45) is 1.59. The van der Waals surface area contributed by atoms with Crippen molar-refractivity contribution in [1.29, 1.82) is 0 Å². The van der Waals surface area contributed by atoms with Gasteiger partial charge in [-0.2, -0.15) is 0 Å². The van der Waals surface area contributed by atoms with E-state index in [1.54, 1.807) is 6.20 Å². The molecule has 3 heteroatoms. The minimum atomic E-state index is 0.0220. The lowest BCUT2D eigenvalue weighted by Gasteiger charge is -2.20. The molecule has 0 aliphatic carbocycles. The monoisotopic (exact) mass is 184 g/mol. The number of hydrogen-bond donors (Lipinski definition) is 1. The van der Waals surface area contributed by atoms with E-state index in [0.29, 0.717) is 10.8 Å². The first-order valence-electron chi connectivity index (χ1n) is 3.83. The third kappa shape index (κ3) is 1.89. The number of hydrogen-bond acceptors (Lipinski definition) is 2. The van der Waals surface area contributed by atoms with Crippen molar-refractivity contribution in [2.45, 2.75) is 26.2 Å². The number of rotatable bonds is 0. The Balaban J connectivity index is 3.23. The summed E-state index contributed by atoms with van der Waals surface area (Å²) in [5.41, 5.74) is 6.61. The number of pyridine rings is 1. The highest BCUT2D eigenvalue weighted by Gasteiger charge is 2.17. The molecular weight excluding hydrogens is 172 g/mol. The molecule has 1 rings (SSSR count). The maximum absolute atomic E-state index is 5.96. The molecule has 0 aromatic carbocycles. The molecule has 66 valence electrons. The summed E-state index contributed by atoms with van der Waals surface area (Å²) in [6.45, 7) is 6.27. The average Bonchev–Trinajstić information content (AvgIpc) is 1.92. The lowest BCUT2D eigenvalue weighted by molar-refractivity contribution is 0.590. The van der Waals surface area contributed by atoms with Crippen LogP contribution in [-0.2, 0) is 5.41 Å². The van der Waals surface area contributed by atoms with E-state index < -0.39 is 0 Å². The van der Waals surface area contributed by atoms with E-state index >= 15 is 0 Å². The minimum absolute atomic E-state index is 0.0220. The van der Waals surface area contributed by atoms with Gasteiger partial charge < -0.3 is 5.73 Å². The zero-order valence-electron chi connectivity index (χ0n) is 7.56. The Hall–Kier alpha value is -0.760. The zero-order valence-corrected chi connectivity index (χ0v) is 8.31. The maximum atomic E-state index is 5.96. The van der Waals surface area contributed by atoms with Crippen LogP contribution in [0.5, 0.6) is 0 Å². The summed E-state index contributed by atoms with van der Waals surface area (Å²) < 4.78 is 0. The number of nitrogens with zero attached hydrogens (tertiary/aromatic N) is 1. The Kier molecular flexibility index (Phi) is 2.29. The Morgan fingerprint density at radius 2 is 2.00 bits per heavy atom. The van der Waals surface area contributed by atoms with E-state index in [0.717, 1.165) is 5.56 Å². The second-order valence-electron chi connectivity index (χ2n) is 3.84. The quantitative estimate of drug-likeness (QED) is 0.673. The first-order chi connectivity index (χ1) is 5.41. The van der Waals surface area contributed by atoms with Gasteiger partial charge in [-0.3, -0.25) is 0 Å². The molecule has 0 fully saturated rings. The summed E-state index contributed by atoms with van der Waals surface area (Å²) in [5.74, 6) is 0.518. The van der Waals surface area contributed by atoms with E-state index in [-0.39, 0.29) is 5.41 Å². The molecule has 0 saturated carbocycles. The van der Waals surface area contributed by atoms with Crippen LogP contribution < -0.4 is 5.73 Å². The standard InChI is InChI=1S/C9H13ClN2/c1-9(2,3)6-4-8(11)12-5-7(6)10/h4-5H,1-3H3,(H2,11,12). The number of nitrogen functional groups attached to an aromatic ring is 1. The van der Waals surface area contributed by atoms with Gasteiger partial charge in [-0.25, -0.2) is 4.98 Å². The zero-order chi connectivity index (χ0) is 9.35. The van der Waals surface area contributed by atoms with E-state index in [1.165, 1.54) is 0 Å². The molecule has 1 aromatic heterocycles. The Labute approximate surface area is 77.8 Å². The SMILES string of the molecule is CC(C)(C)c1cc(N)ncc1Cl. The fourth-order valence-electron chi connectivity index (χ4n) is 1.03. The normalized spacial score (nSPS) is 11.7. The summed E-state index contributed by atoms with van der Waals surface area (Å²) in [6, 6.07) is 1.82. The van der Waals surface area contributed by atoms with Crippen LogP contribution in [0, 0.1) is 0 Å². The highest BCUT2D eigenvalue weighted by Crippen LogP contribution is 2.29. The van der Waals surface area contributed by atoms with Gasteiger partial charge in [0.1, 0.15) is 5.82 Å². The van der Waals surface area contributed by atoms with Gasteiger partial charge in [0, 0.05) is 6.20 Å². The highest BCUT2D eigenvalue weighted by atomic mass is 35.5. The first-order valence-corrected chi connectivity index (χ1v) is 4.20. The van der Waals surface area contributed by atoms with Crippen molar-refractivity contribution >= 4 is 17.4 Å². The lowest BCUT2D eigenvalue weighted by atomic mass is 9.88. The van der Waals surface area contributed by atoms with Crippen LogP contribution in [-0.4, -0.2) is 4.98 Å². The van der Waals surface area contributed by atoms with Gasteiger partial charge in [0.25, 0.3) is 0 Å². The van der Waals surface area contributed by atoms with Gasteiger partial charge >= 0.3 is 0 Å². The lowest BCUT2D eigenvalue weighted by Crippen LogP contribution is -2.12. The van der Waals surface area contributed by atoms with Crippen LogP contribution in [0.4, 0.5) is 5.82 Å². The van der Waals surface area contributed by atoms with Crippen LogP contribution in [0.3, 0.4) is 0 Å². The van der Waals surface area contributed by atoms with Crippen molar-refractivity contribution in [3.8, 4) is 0 Å². The topological polar surface area (TPSA) is 38.9 Å². The fourth-order valence-corrected chi connectivity index (χ4v) is 1.42. The Morgan fingerprint density at radius 1 is 1.42 bits per heavy atom. The average molecular weight is 185 g/mol. The highest BCUT2D eigenvalue weighted by molar-refractivity contribution is 6.31. The second kappa shape index (κ2) is 2.94. The Morgan fingerprint density at radius 3 is 2.42 bits per heavy atom. The molecule has 0 aliphatic rings. The van der Waals surface area contributed by atoms with Crippen molar-refractivity contribution in [2.24, 2.45) is 0 Å². The van der Waals surface area contributed by atoms with Gasteiger partial charge in [0.15, 0.2) is 0 Å². The summed E-state index contributed by atoms with van der Waals surface area (Å²) in [5, 5.41) is 0.678. The molecule has 2 nitrogen and oxygen atoms in total. The summed E-state index contributed by atoms with van der Waals surface area (Å²) in [7, 11) is 0. The molecule has 2 N–H and O–H groups in total. The van der Waals surface area contributed by atoms with Crippen LogP contribution in [0.1, 0.15) is 26.3 Å². The predicted molar refractivity (Wildman–Crippen MR) is 52.4 cm³/mol. The molecule has 0 saturated heterocycles. The van der Waals surface area contributed by atoms with Gasteiger partial charge in [0.2, 0.25) is 0 Å². The fraction of sp³-hybridized carbons (Fsp3) is 0.444. The smallest absolute Gasteiger partial charge is 0.123 e. The number of nitrogens with two attached hydrogens (primary N) is 1. The molecule has 0 radical (unpaired) electrons. The summed E-state index contributed by atoms with van der Waals surface area (Å²) in [4.78, 5) is 3.90. The maximum Gasteiger partial charge on any atom is 0.123 e. The van der Waals surface area contributed by atoms with Crippen molar-refractivity contribution in [3.63, 3.8) is 0 Å². The van der Waals surface area contributed by atoms with E-state index in [4.69, 9.17) is 17.3 Å². The third-order valence-electron chi connectivity index (χ3n) is 1.68. The number of anilines is 1. The third-order valence-corrected chi connectivity index (χ3v) is 1.99. The van der Waals surface area contributed by atoms with Crippen LogP contribution in [0.25, 0.3) is 0 Å². The van der Waals surface area contributed by atoms with Gasteiger partial charge in [-0.15, -0.1) is 0 Å². The molecule has 1 aromatic rings. The van der Waals surface area contributed by atoms with E-state index in [1.807, 2.05) is 6.07 Å². The molecule has 0 bridgehead atoms. The van der Waals surface area contributed by atoms with Crippen molar-refractivity contribution in [2.75, 3.05) is 5.73 Å². The number of halogens is 1. The predicted octanol–water partition coefficient (Wildman–Crippen LogP) is 2.61. The minimum Gasteiger partial charge on any atom is -0.384 e. The molecular formula is C9H13ClN2. The first kappa shape index (κ1) is 9.33. The van der Waals surface area contributed by atoms with Crippen LogP contribution in [0.15, 0.2) is 12.3 Å². The molecule has 12 heavy (non-hydrogen) atoms. The van der Waals surface area contributed by atoms with Gasteiger partial charge in [0.05, 0.1) is 5.02 Å². The number of aromatic nitrogens is 1. The van der Waals surface area contributed by atoms with Crippen molar-refractivity contribution in [3.05, 3.63) is 22.8 Å². The van der Waals surface area contributed by atoms with Crippen molar-refractivity contribution in [1.82, 2.24) is 4.98 Å². The molecule has 0 unspecified atom stereocenters. The molecule has 0 amide bonds. The summed E-state index contributed by atoms with van der Waals surface area (Å²) >= 11 is 5.96. The molecule has 0 atom stereocenters. The van der Waals surface area contributed by atoms with Gasteiger partial charge in [-0.1, -0.05) is 32.4 Å². The second-order valence-corrected chi connectivity index (χ2v) is 4.25. The van der Waals surface area contributed by atoms with Crippen LogP contribution >= 0.6 is 11.6 Å².